The van der Waals surface area contributed by atoms with Gasteiger partial charge in [-0.1, -0.05) is 18.5 Å². The van der Waals surface area contributed by atoms with Crippen molar-refractivity contribution in [1.29, 1.82) is 0 Å². The average molecular weight is 350 g/mol. The molecule has 106 valence electrons. The summed E-state index contributed by atoms with van der Waals surface area (Å²) in [5.74, 6) is -0.319. The highest BCUT2D eigenvalue weighted by atomic mass is 79.9. The van der Waals surface area contributed by atoms with Gasteiger partial charge in [0.1, 0.15) is 5.82 Å². The van der Waals surface area contributed by atoms with E-state index < -0.39 is 0 Å². The maximum Gasteiger partial charge on any atom is 0.125 e. The second kappa shape index (κ2) is 6.91. The smallest absolute Gasteiger partial charge is 0.125 e. The van der Waals surface area contributed by atoms with Crippen LogP contribution in [0.4, 0.5) is 10.1 Å². The number of nitrogens with one attached hydrogen (secondary N) is 1. The fourth-order valence-electron chi connectivity index (χ4n) is 2.50. The van der Waals surface area contributed by atoms with Crippen molar-refractivity contribution in [3.8, 4) is 0 Å². The summed E-state index contributed by atoms with van der Waals surface area (Å²) >= 11 is 9.48. The predicted octanol–water partition coefficient (Wildman–Crippen LogP) is 4.53. The van der Waals surface area contributed by atoms with Gasteiger partial charge in [-0.2, -0.15) is 0 Å². The first-order valence-corrected chi connectivity index (χ1v) is 7.90. The number of anilines is 1. The Balaban J connectivity index is 2.05. The van der Waals surface area contributed by atoms with Gasteiger partial charge in [0, 0.05) is 17.1 Å². The molecule has 1 aromatic carbocycles. The molecule has 2 nitrogen and oxygen atoms in total. The maximum atomic E-state index is 13.2. The number of nitrogens with zero attached hydrogens (tertiary/aromatic N) is 1. The monoisotopic (exact) mass is 348 g/mol. The molecular formula is C14H19BrClFN2. The minimum Gasteiger partial charge on any atom is -0.380 e. The molecule has 0 amide bonds. The summed E-state index contributed by atoms with van der Waals surface area (Å²) in [6, 6.07) is 3.20. The molecular weight excluding hydrogens is 331 g/mol. The summed E-state index contributed by atoms with van der Waals surface area (Å²) in [6.07, 6.45) is 3.40. The van der Waals surface area contributed by atoms with Crippen LogP contribution in [0.25, 0.3) is 0 Å². The van der Waals surface area contributed by atoms with E-state index in [2.05, 4.69) is 33.1 Å². The summed E-state index contributed by atoms with van der Waals surface area (Å²) < 4.78 is 13.9. The molecule has 0 aliphatic carbocycles. The van der Waals surface area contributed by atoms with Crippen molar-refractivity contribution >= 4 is 33.2 Å². The molecule has 1 fully saturated rings. The Labute approximate surface area is 127 Å². The van der Waals surface area contributed by atoms with Crippen LogP contribution in [0, 0.1) is 5.82 Å². The molecule has 5 heteroatoms. The second-order valence-corrected chi connectivity index (χ2v) is 6.21. The predicted molar refractivity (Wildman–Crippen MR) is 82.5 cm³/mol. The van der Waals surface area contributed by atoms with Crippen LogP contribution < -0.4 is 5.32 Å². The first-order chi connectivity index (χ1) is 9.10. The third-order valence-electron chi connectivity index (χ3n) is 3.62. The van der Waals surface area contributed by atoms with E-state index in [4.69, 9.17) is 11.6 Å². The molecule has 1 aliphatic heterocycles. The Morgan fingerprint density at radius 3 is 2.89 bits per heavy atom. The Bertz CT molecular complexity index is 418. The van der Waals surface area contributed by atoms with Crippen LogP contribution in [0.2, 0.25) is 5.02 Å². The molecule has 0 aromatic heterocycles. The van der Waals surface area contributed by atoms with Crippen molar-refractivity contribution in [2.75, 3.05) is 25.0 Å². The van der Waals surface area contributed by atoms with E-state index in [9.17, 15) is 4.39 Å². The molecule has 1 heterocycles. The van der Waals surface area contributed by atoms with Crippen molar-refractivity contribution in [3.05, 3.63) is 27.4 Å². The first-order valence-electron chi connectivity index (χ1n) is 6.73. The van der Waals surface area contributed by atoms with Gasteiger partial charge >= 0.3 is 0 Å². The summed E-state index contributed by atoms with van der Waals surface area (Å²) in [7, 11) is 0. The molecule has 0 bridgehead atoms. The molecule has 0 spiro atoms. The quantitative estimate of drug-likeness (QED) is 0.862. The number of benzene rings is 1. The highest BCUT2D eigenvalue weighted by Crippen LogP contribution is 2.33. The van der Waals surface area contributed by atoms with Crippen LogP contribution in [0.15, 0.2) is 16.6 Å². The van der Waals surface area contributed by atoms with E-state index in [1.807, 2.05) is 0 Å². The van der Waals surface area contributed by atoms with E-state index in [1.54, 1.807) is 0 Å². The summed E-state index contributed by atoms with van der Waals surface area (Å²) in [5.41, 5.74) is 0.804. The van der Waals surface area contributed by atoms with Gasteiger partial charge in [0.15, 0.2) is 0 Å². The lowest BCUT2D eigenvalue weighted by Crippen LogP contribution is -2.26. The third-order valence-corrected chi connectivity index (χ3v) is 4.55. The zero-order valence-corrected chi connectivity index (χ0v) is 13.4. The summed E-state index contributed by atoms with van der Waals surface area (Å²) in [5, 5.41) is 3.89. The van der Waals surface area contributed by atoms with E-state index >= 15 is 0 Å². The summed E-state index contributed by atoms with van der Waals surface area (Å²) in [6.45, 7) is 5.56. The normalized spacial score (nSPS) is 21.2. The van der Waals surface area contributed by atoms with Crippen molar-refractivity contribution in [3.63, 3.8) is 0 Å². The number of rotatable bonds is 3. The van der Waals surface area contributed by atoms with Gasteiger partial charge in [-0.05, 0) is 60.4 Å². The molecule has 1 atom stereocenters. The molecule has 1 saturated heterocycles. The van der Waals surface area contributed by atoms with Gasteiger partial charge in [-0.3, -0.25) is 0 Å². The third kappa shape index (κ3) is 4.07. The van der Waals surface area contributed by atoms with E-state index in [0.717, 1.165) is 38.2 Å². The van der Waals surface area contributed by atoms with Crippen LogP contribution in [0.1, 0.15) is 26.2 Å². The SMILES string of the molecule is CCN1CCCC(Nc2c(Cl)cc(F)cc2Br)CC1. The number of likely N-dealkylation sites (tertiary alicyclic amines) is 1. The Kier molecular flexibility index (Phi) is 5.48. The van der Waals surface area contributed by atoms with Crippen molar-refractivity contribution < 1.29 is 4.39 Å². The molecule has 19 heavy (non-hydrogen) atoms. The van der Waals surface area contributed by atoms with E-state index in [1.165, 1.54) is 18.6 Å². The van der Waals surface area contributed by atoms with Crippen LogP contribution in [0.5, 0.6) is 0 Å². The van der Waals surface area contributed by atoms with Gasteiger partial charge in [0.05, 0.1) is 10.7 Å². The van der Waals surface area contributed by atoms with Crippen LogP contribution in [-0.2, 0) is 0 Å². The first kappa shape index (κ1) is 15.1. The number of halogens is 3. The van der Waals surface area contributed by atoms with E-state index in [0.29, 0.717) is 15.5 Å². The van der Waals surface area contributed by atoms with Crippen molar-refractivity contribution in [1.82, 2.24) is 4.90 Å². The minimum atomic E-state index is -0.319. The Morgan fingerprint density at radius 2 is 2.21 bits per heavy atom. The second-order valence-electron chi connectivity index (χ2n) is 4.95. The van der Waals surface area contributed by atoms with E-state index in [-0.39, 0.29) is 5.82 Å². The summed E-state index contributed by atoms with van der Waals surface area (Å²) in [4.78, 5) is 2.46. The molecule has 2 rings (SSSR count). The fraction of sp³-hybridized carbons (Fsp3) is 0.571. The fourth-order valence-corrected chi connectivity index (χ4v) is 3.42. The average Bonchev–Trinajstić information content (AvgIpc) is 2.58. The van der Waals surface area contributed by atoms with Crippen LogP contribution in [-0.4, -0.2) is 30.6 Å². The Hall–Kier alpha value is -0.320. The lowest BCUT2D eigenvalue weighted by Gasteiger charge is -2.20. The Morgan fingerprint density at radius 1 is 1.42 bits per heavy atom. The maximum absolute atomic E-state index is 13.2. The molecule has 1 aliphatic rings. The highest BCUT2D eigenvalue weighted by Gasteiger charge is 2.18. The van der Waals surface area contributed by atoms with Gasteiger partial charge < -0.3 is 10.2 Å². The largest absolute Gasteiger partial charge is 0.380 e. The van der Waals surface area contributed by atoms with Gasteiger partial charge in [-0.15, -0.1) is 0 Å². The number of hydrogen-bond donors (Lipinski definition) is 1. The number of hydrogen-bond acceptors (Lipinski definition) is 2. The van der Waals surface area contributed by atoms with Crippen LogP contribution in [0.3, 0.4) is 0 Å². The molecule has 1 unspecified atom stereocenters. The van der Waals surface area contributed by atoms with Gasteiger partial charge in [0.25, 0.3) is 0 Å². The lowest BCUT2D eigenvalue weighted by atomic mass is 10.1. The highest BCUT2D eigenvalue weighted by molar-refractivity contribution is 9.10. The molecule has 1 aromatic rings. The lowest BCUT2D eigenvalue weighted by molar-refractivity contribution is 0.300. The van der Waals surface area contributed by atoms with Crippen LogP contribution >= 0.6 is 27.5 Å². The zero-order chi connectivity index (χ0) is 13.8. The molecule has 0 saturated carbocycles. The van der Waals surface area contributed by atoms with Gasteiger partial charge in [0.2, 0.25) is 0 Å². The zero-order valence-electron chi connectivity index (χ0n) is 11.1. The van der Waals surface area contributed by atoms with Gasteiger partial charge in [-0.25, -0.2) is 4.39 Å². The van der Waals surface area contributed by atoms with Crippen molar-refractivity contribution in [2.45, 2.75) is 32.2 Å². The van der Waals surface area contributed by atoms with Crippen molar-refractivity contribution in [2.24, 2.45) is 0 Å². The molecule has 1 N–H and O–H groups in total. The topological polar surface area (TPSA) is 15.3 Å². The standard InChI is InChI=1S/C14H19BrClFN2/c1-2-19-6-3-4-11(5-7-19)18-14-12(15)8-10(17)9-13(14)16/h8-9,11,18H,2-7H2,1H3. The molecule has 0 radical (unpaired) electrons. The minimum absolute atomic E-state index is 0.319.